The van der Waals surface area contributed by atoms with Gasteiger partial charge in [-0.05, 0) is 23.4 Å². The molecule has 0 radical (unpaired) electrons. The molecule has 0 N–H and O–H groups in total. The van der Waals surface area contributed by atoms with Gasteiger partial charge in [-0.1, -0.05) is 0 Å². The number of hydrogen-bond acceptors (Lipinski definition) is 7. The molecule has 2 aromatic rings. The van der Waals surface area contributed by atoms with Crippen LogP contribution in [0.5, 0.6) is 11.5 Å². The largest absolute Gasteiger partial charge is 0.486 e. The lowest BCUT2D eigenvalue weighted by Crippen LogP contribution is -2.52. The summed E-state index contributed by atoms with van der Waals surface area (Å²) in [6, 6.07) is 6.37. The first-order valence-electron chi connectivity index (χ1n) is 9.58. The molecule has 5 rings (SSSR count). The van der Waals surface area contributed by atoms with Gasteiger partial charge in [0.15, 0.2) is 11.5 Å². The van der Waals surface area contributed by atoms with Crippen LogP contribution in [-0.4, -0.2) is 54.6 Å². The van der Waals surface area contributed by atoms with Gasteiger partial charge < -0.3 is 9.47 Å². The molecule has 1 aromatic carbocycles. The summed E-state index contributed by atoms with van der Waals surface area (Å²) in [6.07, 6.45) is 0.871. The van der Waals surface area contributed by atoms with E-state index in [0.29, 0.717) is 44.3 Å². The summed E-state index contributed by atoms with van der Waals surface area (Å²) >= 11 is 1.81. The molecule has 3 aliphatic rings. The minimum Gasteiger partial charge on any atom is -0.486 e. The Kier molecular flexibility index (Phi) is 4.79. The van der Waals surface area contributed by atoms with Gasteiger partial charge in [-0.2, -0.15) is 21.2 Å². The average molecular weight is 436 g/mol. The third-order valence-electron chi connectivity index (χ3n) is 5.41. The number of hydrogen-bond donors (Lipinski definition) is 0. The molecular formula is C19H21N3O5S2. The fourth-order valence-corrected chi connectivity index (χ4v) is 6.36. The zero-order valence-electron chi connectivity index (χ0n) is 15.7. The lowest BCUT2D eigenvalue weighted by molar-refractivity contribution is 0.168. The van der Waals surface area contributed by atoms with Gasteiger partial charge in [-0.25, -0.2) is 13.1 Å². The highest BCUT2D eigenvalue weighted by molar-refractivity contribution is 7.98. The van der Waals surface area contributed by atoms with E-state index in [1.54, 1.807) is 18.2 Å². The molecule has 1 fully saturated rings. The lowest BCUT2D eigenvalue weighted by Gasteiger charge is -2.38. The van der Waals surface area contributed by atoms with E-state index in [4.69, 9.17) is 9.47 Å². The second-order valence-corrected chi connectivity index (χ2v) is 10.5. The summed E-state index contributed by atoms with van der Waals surface area (Å²) in [5.41, 5.74) is 1.90. The number of rotatable bonds is 4. The number of nitrogens with zero attached hydrogens (tertiary/aromatic N) is 3. The van der Waals surface area contributed by atoms with E-state index >= 15 is 0 Å². The molecule has 0 bridgehead atoms. The van der Waals surface area contributed by atoms with E-state index < -0.39 is 10.0 Å². The zero-order valence-corrected chi connectivity index (χ0v) is 17.4. The van der Waals surface area contributed by atoms with Gasteiger partial charge in [-0.15, -0.1) is 0 Å². The quantitative estimate of drug-likeness (QED) is 0.711. The van der Waals surface area contributed by atoms with Gasteiger partial charge in [0.05, 0.1) is 17.1 Å². The van der Waals surface area contributed by atoms with Gasteiger partial charge in [0.25, 0.3) is 5.56 Å². The standard InChI is InChI=1S/C19H21N3O5S2/c23-19-7-14-12-28-6-3-16(14)20-22(19)11-13-9-21(10-13)29(24,25)15-1-2-17-18(8-15)27-5-4-26-17/h1-2,7-8,13H,3-6,9-12H2. The number of fused-ring (bicyclic) bond motifs is 2. The number of sulfonamides is 1. The van der Waals surface area contributed by atoms with Crippen LogP contribution in [0.25, 0.3) is 0 Å². The van der Waals surface area contributed by atoms with Crippen molar-refractivity contribution >= 4 is 21.8 Å². The van der Waals surface area contributed by atoms with Crippen LogP contribution in [0, 0.1) is 5.92 Å². The normalized spacial score (nSPS) is 19.4. The Hall–Kier alpha value is -2.04. The first-order chi connectivity index (χ1) is 14.0. The van der Waals surface area contributed by atoms with E-state index in [2.05, 4.69) is 5.10 Å². The minimum absolute atomic E-state index is 0.0724. The Balaban J connectivity index is 1.28. The van der Waals surface area contributed by atoms with Crippen molar-refractivity contribution in [1.29, 1.82) is 0 Å². The van der Waals surface area contributed by atoms with Crippen molar-refractivity contribution in [3.05, 3.63) is 45.9 Å². The van der Waals surface area contributed by atoms with E-state index in [1.165, 1.54) is 15.1 Å². The predicted molar refractivity (Wildman–Crippen MR) is 108 cm³/mol. The molecule has 0 spiro atoms. The molecule has 8 nitrogen and oxygen atoms in total. The van der Waals surface area contributed by atoms with Crippen LogP contribution < -0.4 is 15.0 Å². The Morgan fingerprint density at radius 1 is 1.14 bits per heavy atom. The number of benzene rings is 1. The molecule has 154 valence electrons. The summed E-state index contributed by atoms with van der Waals surface area (Å²) in [7, 11) is -3.60. The zero-order chi connectivity index (χ0) is 20.0. The minimum atomic E-state index is -3.60. The molecule has 1 aromatic heterocycles. The Labute approximate surface area is 172 Å². The number of aryl methyl sites for hydroxylation is 1. The Bertz CT molecular complexity index is 1110. The summed E-state index contributed by atoms with van der Waals surface area (Å²) in [5, 5.41) is 4.52. The maximum atomic E-state index is 12.9. The Morgan fingerprint density at radius 2 is 1.93 bits per heavy atom. The maximum absolute atomic E-state index is 12.9. The third kappa shape index (κ3) is 3.53. The predicted octanol–water partition coefficient (Wildman–Crippen LogP) is 1.12. The molecule has 0 unspecified atom stereocenters. The van der Waals surface area contributed by atoms with Gasteiger partial charge in [-0.3, -0.25) is 4.79 Å². The van der Waals surface area contributed by atoms with E-state index in [-0.39, 0.29) is 16.4 Å². The van der Waals surface area contributed by atoms with Crippen LogP contribution in [0.4, 0.5) is 0 Å². The fraction of sp³-hybridized carbons (Fsp3) is 0.474. The summed E-state index contributed by atoms with van der Waals surface area (Å²) in [4.78, 5) is 12.5. The molecule has 0 saturated carbocycles. The van der Waals surface area contributed by atoms with E-state index in [0.717, 1.165) is 29.2 Å². The number of ether oxygens (including phenoxy) is 2. The van der Waals surface area contributed by atoms with Crippen LogP contribution in [0.15, 0.2) is 34.0 Å². The topological polar surface area (TPSA) is 90.7 Å². The van der Waals surface area contributed by atoms with Gasteiger partial charge in [0.2, 0.25) is 10.0 Å². The SMILES string of the molecule is O=c1cc2c(nn1CC1CN(S(=O)(=O)c3ccc4c(c3)OCCO4)C1)CCSC2. The van der Waals surface area contributed by atoms with Crippen LogP contribution in [0.3, 0.4) is 0 Å². The number of thioether (sulfide) groups is 1. The maximum Gasteiger partial charge on any atom is 0.267 e. The average Bonchev–Trinajstić information content (AvgIpc) is 2.70. The molecule has 1 saturated heterocycles. The van der Waals surface area contributed by atoms with Crippen molar-refractivity contribution in [1.82, 2.24) is 14.1 Å². The smallest absolute Gasteiger partial charge is 0.267 e. The molecular weight excluding hydrogens is 414 g/mol. The van der Waals surface area contributed by atoms with E-state index in [1.807, 2.05) is 11.8 Å². The lowest BCUT2D eigenvalue weighted by atomic mass is 10.0. The fourth-order valence-electron chi connectivity index (χ4n) is 3.80. The van der Waals surface area contributed by atoms with Crippen LogP contribution in [0.2, 0.25) is 0 Å². The Morgan fingerprint density at radius 3 is 2.76 bits per heavy atom. The van der Waals surface area contributed by atoms with Crippen molar-refractivity contribution in [2.75, 3.05) is 32.1 Å². The number of aromatic nitrogens is 2. The van der Waals surface area contributed by atoms with Crippen molar-refractivity contribution in [2.45, 2.75) is 23.6 Å². The molecule has 10 heteroatoms. The molecule has 0 aliphatic carbocycles. The summed E-state index contributed by atoms with van der Waals surface area (Å²) < 4.78 is 39.7. The van der Waals surface area contributed by atoms with Crippen LogP contribution >= 0.6 is 11.8 Å². The van der Waals surface area contributed by atoms with Crippen LogP contribution in [0.1, 0.15) is 11.3 Å². The van der Waals surface area contributed by atoms with Crippen LogP contribution in [-0.2, 0) is 28.7 Å². The molecule has 3 aliphatic heterocycles. The summed E-state index contributed by atoms with van der Waals surface area (Å²) in [5.74, 6) is 2.94. The highest BCUT2D eigenvalue weighted by Gasteiger charge is 2.37. The van der Waals surface area contributed by atoms with E-state index in [9.17, 15) is 13.2 Å². The summed E-state index contributed by atoms with van der Waals surface area (Å²) in [6.45, 7) is 2.05. The van der Waals surface area contributed by atoms with Crippen molar-refractivity contribution in [3.8, 4) is 11.5 Å². The first-order valence-corrected chi connectivity index (χ1v) is 12.2. The second-order valence-electron chi connectivity index (χ2n) is 7.43. The molecule has 0 amide bonds. The highest BCUT2D eigenvalue weighted by Crippen LogP contribution is 2.34. The molecule has 29 heavy (non-hydrogen) atoms. The van der Waals surface area contributed by atoms with Gasteiger partial charge in [0.1, 0.15) is 13.2 Å². The first kappa shape index (κ1) is 19.0. The second kappa shape index (κ2) is 7.33. The monoisotopic (exact) mass is 435 g/mol. The van der Waals surface area contributed by atoms with Crippen molar-refractivity contribution in [2.24, 2.45) is 5.92 Å². The van der Waals surface area contributed by atoms with Gasteiger partial charge in [0, 0.05) is 43.3 Å². The highest BCUT2D eigenvalue weighted by atomic mass is 32.2. The molecule has 4 heterocycles. The third-order valence-corrected chi connectivity index (χ3v) is 8.25. The van der Waals surface area contributed by atoms with Gasteiger partial charge >= 0.3 is 0 Å². The van der Waals surface area contributed by atoms with Crippen molar-refractivity contribution in [3.63, 3.8) is 0 Å². The molecule has 0 atom stereocenters. The van der Waals surface area contributed by atoms with Crippen molar-refractivity contribution < 1.29 is 17.9 Å².